The molecule has 1 aromatic carbocycles. The first-order valence-electron chi connectivity index (χ1n) is 8.52. The summed E-state index contributed by atoms with van der Waals surface area (Å²) in [4.78, 5) is 28.3. The van der Waals surface area contributed by atoms with E-state index in [0.717, 1.165) is 36.9 Å². The maximum Gasteiger partial charge on any atom is 0.262 e. The molecule has 1 aromatic heterocycles. The molecule has 0 bridgehead atoms. The third-order valence-electron chi connectivity index (χ3n) is 4.62. The third kappa shape index (κ3) is 3.51. The minimum Gasteiger partial charge on any atom is -0.482 e. The highest BCUT2D eigenvalue weighted by Gasteiger charge is 2.22. The number of nitrogens with zero attached hydrogens (tertiary/aromatic N) is 1. The van der Waals surface area contributed by atoms with Crippen molar-refractivity contribution < 1.29 is 14.3 Å². The number of aromatic nitrogens is 1. The van der Waals surface area contributed by atoms with Gasteiger partial charge in [-0.3, -0.25) is 9.59 Å². The normalized spacial score (nSPS) is 17.4. The van der Waals surface area contributed by atoms with Crippen LogP contribution < -0.4 is 15.4 Å². The van der Waals surface area contributed by atoms with Gasteiger partial charge in [0.05, 0.1) is 11.4 Å². The van der Waals surface area contributed by atoms with Crippen molar-refractivity contribution in [2.75, 3.05) is 17.2 Å². The molecule has 2 heterocycles. The number of amides is 2. The van der Waals surface area contributed by atoms with Crippen LogP contribution in [0, 0.1) is 5.92 Å². The standard InChI is InChI=1S/C18H19N3O3S/c22-16-9-24-15-7-6-12(8-13(15)19-16)14-10-25-18(20-14)21-17(23)11-4-2-1-3-5-11/h6-8,10-11H,1-5,9H2,(H,19,22)(H,20,21,23). The molecule has 1 aliphatic carbocycles. The highest BCUT2D eigenvalue weighted by atomic mass is 32.1. The molecule has 0 atom stereocenters. The molecule has 2 aromatic rings. The van der Waals surface area contributed by atoms with Gasteiger partial charge >= 0.3 is 0 Å². The van der Waals surface area contributed by atoms with E-state index in [1.54, 1.807) is 0 Å². The van der Waals surface area contributed by atoms with E-state index in [4.69, 9.17) is 4.74 Å². The largest absolute Gasteiger partial charge is 0.482 e. The van der Waals surface area contributed by atoms with Gasteiger partial charge in [0.1, 0.15) is 5.75 Å². The number of nitrogens with one attached hydrogen (secondary N) is 2. The van der Waals surface area contributed by atoms with E-state index in [1.807, 2.05) is 23.6 Å². The molecule has 0 saturated heterocycles. The van der Waals surface area contributed by atoms with Crippen LogP contribution in [0.15, 0.2) is 23.6 Å². The predicted octanol–water partition coefficient (Wildman–Crippen LogP) is 3.66. The topological polar surface area (TPSA) is 80.3 Å². The van der Waals surface area contributed by atoms with Gasteiger partial charge in [-0.05, 0) is 31.0 Å². The molecule has 2 amide bonds. The highest BCUT2D eigenvalue weighted by Crippen LogP contribution is 2.34. The van der Waals surface area contributed by atoms with E-state index < -0.39 is 0 Å². The summed E-state index contributed by atoms with van der Waals surface area (Å²) in [7, 11) is 0. The number of carbonyl (C=O) groups excluding carboxylic acids is 2. The summed E-state index contributed by atoms with van der Waals surface area (Å²) in [6.07, 6.45) is 5.42. The number of thiazole rings is 1. The minimum atomic E-state index is -0.164. The first-order valence-corrected chi connectivity index (χ1v) is 9.40. The maximum absolute atomic E-state index is 12.3. The van der Waals surface area contributed by atoms with Crippen LogP contribution in [-0.2, 0) is 9.59 Å². The molecule has 7 heteroatoms. The summed E-state index contributed by atoms with van der Waals surface area (Å²) in [5.74, 6) is 0.677. The molecule has 0 spiro atoms. The first-order chi connectivity index (χ1) is 12.2. The van der Waals surface area contributed by atoms with E-state index in [-0.39, 0.29) is 24.3 Å². The van der Waals surface area contributed by atoms with Gasteiger partial charge in [-0.25, -0.2) is 4.98 Å². The quantitative estimate of drug-likeness (QED) is 0.878. The minimum absolute atomic E-state index is 0.0421. The van der Waals surface area contributed by atoms with Crippen LogP contribution in [0.1, 0.15) is 32.1 Å². The van der Waals surface area contributed by atoms with Gasteiger partial charge in [0.25, 0.3) is 5.91 Å². The summed E-state index contributed by atoms with van der Waals surface area (Å²) in [5.41, 5.74) is 2.29. The fraction of sp³-hybridized carbons (Fsp3) is 0.389. The van der Waals surface area contributed by atoms with E-state index in [0.29, 0.717) is 16.6 Å². The Kier molecular flexibility index (Phi) is 4.40. The Morgan fingerprint density at radius 2 is 2.12 bits per heavy atom. The molecular formula is C18H19N3O3S. The lowest BCUT2D eigenvalue weighted by molar-refractivity contribution is -0.121. The summed E-state index contributed by atoms with van der Waals surface area (Å²) >= 11 is 1.41. The van der Waals surface area contributed by atoms with Crippen molar-refractivity contribution in [2.24, 2.45) is 5.92 Å². The number of carbonyl (C=O) groups is 2. The average molecular weight is 357 g/mol. The second kappa shape index (κ2) is 6.84. The van der Waals surface area contributed by atoms with Gasteiger partial charge in [0.2, 0.25) is 5.91 Å². The number of hydrogen-bond donors (Lipinski definition) is 2. The zero-order valence-electron chi connectivity index (χ0n) is 13.7. The number of anilines is 2. The van der Waals surface area contributed by atoms with Gasteiger partial charge in [0, 0.05) is 16.9 Å². The van der Waals surface area contributed by atoms with Crippen molar-refractivity contribution in [3.05, 3.63) is 23.6 Å². The van der Waals surface area contributed by atoms with Gasteiger partial charge < -0.3 is 15.4 Å². The monoisotopic (exact) mass is 357 g/mol. The van der Waals surface area contributed by atoms with Crippen molar-refractivity contribution in [1.82, 2.24) is 4.98 Å². The van der Waals surface area contributed by atoms with Crippen molar-refractivity contribution in [3.63, 3.8) is 0 Å². The van der Waals surface area contributed by atoms with E-state index >= 15 is 0 Å². The Morgan fingerprint density at radius 1 is 1.28 bits per heavy atom. The molecule has 2 N–H and O–H groups in total. The summed E-state index contributed by atoms with van der Waals surface area (Å²) < 4.78 is 5.36. The van der Waals surface area contributed by atoms with Crippen molar-refractivity contribution in [3.8, 4) is 17.0 Å². The highest BCUT2D eigenvalue weighted by molar-refractivity contribution is 7.14. The fourth-order valence-corrected chi connectivity index (χ4v) is 4.00. The average Bonchev–Trinajstić information content (AvgIpc) is 3.10. The van der Waals surface area contributed by atoms with Crippen LogP contribution in [0.25, 0.3) is 11.3 Å². The Bertz CT molecular complexity index is 812. The first kappa shape index (κ1) is 16.1. The maximum atomic E-state index is 12.3. The smallest absolute Gasteiger partial charge is 0.262 e. The van der Waals surface area contributed by atoms with Crippen LogP contribution in [0.2, 0.25) is 0 Å². The number of hydrogen-bond acceptors (Lipinski definition) is 5. The van der Waals surface area contributed by atoms with Crippen LogP contribution in [0.3, 0.4) is 0 Å². The summed E-state index contributed by atoms with van der Waals surface area (Å²) in [6, 6.07) is 5.57. The van der Waals surface area contributed by atoms with Gasteiger partial charge in [-0.2, -0.15) is 0 Å². The van der Waals surface area contributed by atoms with Crippen molar-refractivity contribution in [2.45, 2.75) is 32.1 Å². The van der Waals surface area contributed by atoms with Crippen LogP contribution >= 0.6 is 11.3 Å². The number of ether oxygens (including phenoxy) is 1. The molecule has 0 radical (unpaired) electrons. The van der Waals surface area contributed by atoms with Gasteiger partial charge in [-0.1, -0.05) is 19.3 Å². The third-order valence-corrected chi connectivity index (χ3v) is 5.38. The molecular weight excluding hydrogens is 338 g/mol. The molecule has 0 unspecified atom stereocenters. The molecule has 1 fully saturated rings. The zero-order valence-corrected chi connectivity index (χ0v) is 14.5. The molecule has 1 aliphatic heterocycles. The van der Waals surface area contributed by atoms with Crippen LogP contribution in [-0.4, -0.2) is 23.4 Å². The van der Waals surface area contributed by atoms with Crippen molar-refractivity contribution >= 4 is 34.0 Å². The fourth-order valence-electron chi connectivity index (χ4n) is 3.28. The number of benzene rings is 1. The second-order valence-corrected chi connectivity index (χ2v) is 7.27. The van der Waals surface area contributed by atoms with Gasteiger partial charge in [-0.15, -0.1) is 11.3 Å². The van der Waals surface area contributed by atoms with Crippen LogP contribution in [0.5, 0.6) is 5.75 Å². The molecule has 2 aliphatic rings. The van der Waals surface area contributed by atoms with Gasteiger partial charge in [0.15, 0.2) is 11.7 Å². The Morgan fingerprint density at radius 3 is 2.96 bits per heavy atom. The molecule has 1 saturated carbocycles. The Labute approximate surface area is 149 Å². The molecule has 130 valence electrons. The number of rotatable bonds is 3. The lowest BCUT2D eigenvalue weighted by Gasteiger charge is -2.19. The Hall–Kier alpha value is -2.41. The van der Waals surface area contributed by atoms with Crippen molar-refractivity contribution in [1.29, 1.82) is 0 Å². The molecule has 25 heavy (non-hydrogen) atoms. The SMILES string of the molecule is O=C1COc2ccc(-c3csc(NC(=O)C4CCCCC4)n3)cc2N1. The summed E-state index contributed by atoms with van der Waals surface area (Å²) in [6.45, 7) is 0.0421. The summed E-state index contributed by atoms with van der Waals surface area (Å²) in [5, 5.41) is 8.26. The Balaban J connectivity index is 1.48. The molecule has 4 rings (SSSR count). The van der Waals surface area contributed by atoms with E-state index in [1.165, 1.54) is 17.8 Å². The second-order valence-electron chi connectivity index (χ2n) is 6.41. The number of fused-ring (bicyclic) bond motifs is 1. The zero-order chi connectivity index (χ0) is 17.2. The lowest BCUT2D eigenvalue weighted by atomic mass is 9.89. The molecule has 6 nitrogen and oxygen atoms in total. The van der Waals surface area contributed by atoms with E-state index in [2.05, 4.69) is 15.6 Å². The van der Waals surface area contributed by atoms with Crippen LogP contribution in [0.4, 0.5) is 10.8 Å². The lowest BCUT2D eigenvalue weighted by Crippen LogP contribution is -2.25. The predicted molar refractivity (Wildman–Crippen MR) is 96.9 cm³/mol. The van der Waals surface area contributed by atoms with E-state index in [9.17, 15) is 9.59 Å².